The number of carbonyl (C=O) groups is 1. The van der Waals surface area contributed by atoms with Crippen LogP contribution in [-0.4, -0.2) is 35.8 Å². The Morgan fingerprint density at radius 3 is 2.04 bits per heavy atom. The van der Waals surface area contributed by atoms with Crippen LogP contribution < -0.4 is 0 Å². The van der Waals surface area contributed by atoms with Crippen molar-refractivity contribution < 1.29 is 22.8 Å². The van der Waals surface area contributed by atoms with Crippen LogP contribution in [0.5, 0.6) is 0 Å². The molecule has 0 aliphatic heterocycles. The molecule has 6 heteroatoms. The summed E-state index contributed by atoms with van der Waals surface area (Å²) >= 11 is 0. The van der Waals surface area contributed by atoms with E-state index in [-0.39, 0.29) is 6.79 Å². The standard InChI is InChI=1S/C17H34O5Si/c1-5-7-8-9-10-11-12-13-15-23(19-3,20-4)22-16-21-17(18)14-6-2/h6,14H,5,7-13,15-16H2,1-4H3. The molecule has 0 aromatic rings. The molecule has 0 saturated carbocycles. The molecule has 0 heterocycles. The average molecular weight is 347 g/mol. The molecule has 0 saturated heterocycles. The van der Waals surface area contributed by atoms with Gasteiger partial charge in [0.1, 0.15) is 0 Å². The first-order valence-electron chi connectivity index (χ1n) is 8.67. The van der Waals surface area contributed by atoms with Crippen molar-refractivity contribution in [1.82, 2.24) is 0 Å². The number of hydrogen-bond acceptors (Lipinski definition) is 5. The molecule has 0 amide bonds. The van der Waals surface area contributed by atoms with Crippen LogP contribution in [0.4, 0.5) is 0 Å². The van der Waals surface area contributed by atoms with Gasteiger partial charge in [-0.05, 0) is 13.3 Å². The molecule has 0 N–H and O–H groups in total. The fourth-order valence-corrected chi connectivity index (χ4v) is 4.19. The molecule has 0 fully saturated rings. The van der Waals surface area contributed by atoms with Gasteiger partial charge in [-0.1, -0.05) is 57.9 Å². The Morgan fingerprint density at radius 1 is 0.957 bits per heavy atom. The predicted octanol–water partition coefficient (Wildman–Crippen LogP) is 4.45. The quantitative estimate of drug-likeness (QED) is 0.144. The average Bonchev–Trinajstić information content (AvgIpc) is 2.56. The lowest BCUT2D eigenvalue weighted by molar-refractivity contribution is -0.146. The van der Waals surface area contributed by atoms with Gasteiger partial charge in [0.2, 0.25) is 0 Å². The smallest absolute Gasteiger partial charge is 0.436 e. The SMILES string of the molecule is CC=CC(=O)OCO[Si](CCCCCCCCCC)(OC)OC. The lowest BCUT2D eigenvalue weighted by Gasteiger charge is -2.26. The Bertz CT molecular complexity index is 316. The van der Waals surface area contributed by atoms with Crippen molar-refractivity contribution in [2.75, 3.05) is 21.0 Å². The molecule has 23 heavy (non-hydrogen) atoms. The van der Waals surface area contributed by atoms with Crippen LogP contribution in [0, 0.1) is 0 Å². The van der Waals surface area contributed by atoms with Crippen molar-refractivity contribution in [2.45, 2.75) is 71.3 Å². The molecule has 0 atom stereocenters. The second-order valence-electron chi connectivity index (χ2n) is 5.54. The third-order valence-corrected chi connectivity index (χ3v) is 6.51. The zero-order valence-electron chi connectivity index (χ0n) is 15.3. The zero-order valence-corrected chi connectivity index (χ0v) is 16.3. The fourth-order valence-electron chi connectivity index (χ4n) is 2.31. The van der Waals surface area contributed by atoms with E-state index in [1.54, 1.807) is 27.2 Å². The number of esters is 1. The third kappa shape index (κ3) is 11.5. The van der Waals surface area contributed by atoms with Gasteiger partial charge in [-0.25, -0.2) is 4.79 Å². The van der Waals surface area contributed by atoms with Gasteiger partial charge in [-0.2, -0.15) is 0 Å². The van der Waals surface area contributed by atoms with E-state index in [1.807, 2.05) is 0 Å². The first-order chi connectivity index (χ1) is 11.1. The van der Waals surface area contributed by atoms with Crippen LogP contribution in [0.25, 0.3) is 0 Å². The summed E-state index contributed by atoms with van der Waals surface area (Å²) in [6.45, 7) is 3.86. The van der Waals surface area contributed by atoms with E-state index in [0.717, 1.165) is 18.9 Å². The summed E-state index contributed by atoms with van der Waals surface area (Å²) in [6.07, 6.45) is 12.9. The second kappa shape index (κ2) is 14.9. The predicted molar refractivity (Wildman–Crippen MR) is 94.0 cm³/mol. The molecule has 0 aliphatic rings. The van der Waals surface area contributed by atoms with Crippen LogP contribution in [-0.2, 0) is 22.8 Å². The monoisotopic (exact) mass is 346 g/mol. The Morgan fingerprint density at radius 2 is 1.52 bits per heavy atom. The Hall–Kier alpha value is -0.693. The van der Waals surface area contributed by atoms with E-state index < -0.39 is 14.8 Å². The molecule has 136 valence electrons. The number of rotatable bonds is 15. The number of unbranched alkanes of at least 4 members (excludes halogenated alkanes) is 7. The first-order valence-corrected chi connectivity index (χ1v) is 10.6. The lowest BCUT2D eigenvalue weighted by Crippen LogP contribution is -2.44. The molecule has 0 rings (SSSR count). The minimum Gasteiger partial charge on any atom is -0.436 e. The maximum Gasteiger partial charge on any atom is 0.502 e. The number of carbonyl (C=O) groups excluding carboxylic acids is 1. The highest BCUT2D eigenvalue weighted by Gasteiger charge is 2.38. The highest BCUT2D eigenvalue weighted by atomic mass is 28.4. The summed E-state index contributed by atoms with van der Waals surface area (Å²) in [5.74, 6) is -0.422. The number of allylic oxidation sites excluding steroid dienone is 1. The van der Waals surface area contributed by atoms with Crippen molar-refractivity contribution >= 4 is 14.8 Å². The van der Waals surface area contributed by atoms with Crippen LogP contribution in [0.3, 0.4) is 0 Å². The molecular weight excluding hydrogens is 312 g/mol. The van der Waals surface area contributed by atoms with Crippen LogP contribution in [0.2, 0.25) is 6.04 Å². The van der Waals surface area contributed by atoms with E-state index in [1.165, 1.54) is 44.6 Å². The van der Waals surface area contributed by atoms with Crippen LogP contribution >= 0.6 is 0 Å². The van der Waals surface area contributed by atoms with Gasteiger partial charge in [0, 0.05) is 26.3 Å². The fraction of sp³-hybridized carbons (Fsp3) is 0.824. The van der Waals surface area contributed by atoms with Gasteiger partial charge in [0.25, 0.3) is 0 Å². The highest BCUT2D eigenvalue weighted by Crippen LogP contribution is 2.19. The number of ether oxygens (including phenoxy) is 1. The minimum atomic E-state index is -2.72. The van der Waals surface area contributed by atoms with Crippen molar-refractivity contribution in [2.24, 2.45) is 0 Å². The molecule has 0 radical (unpaired) electrons. The first kappa shape index (κ1) is 22.3. The molecule has 0 spiro atoms. The molecule has 0 unspecified atom stereocenters. The van der Waals surface area contributed by atoms with E-state index in [4.69, 9.17) is 18.0 Å². The second-order valence-corrected chi connectivity index (χ2v) is 8.51. The minimum absolute atomic E-state index is 0.131. The zero-order chi connectivity index (χ0) is 17.4. The van der Waals surface area contributed by atoms with Crippen molar-refractivity contribution in [1.29, 1.82) is 0 Å². The lowest BCUT2D eigenvalue weighted by atomic mass is 10.1. The molecule has 0 aromatic heterocycles. The molecule has 0 aromatic carbocycles. The molecule has 0 bridgehead atoms. The van der Waals surface area contributed by atoms with Crippen molar-refractivity contribution in [3.8, 4) is 0 Å². The Labute approximate surface area is 142 Å². The van der Waals surface area contributed by atoms with Gasteiger partial charge < -0.3 is 18.0 Å². The normalized spacial score (nSPS) is 12.0. The summed E-state index contributed by atoms with van der Waals surface area (Å²) in [6, 6.07) is 0.746. The summed E-state index contributed by atoms with van der Waals surface area (Å²) < 4.78 is 21.5. The van der Waals surface area contributed by atoms with Gasteiger partial charge in [0.05, 0.1) is 0 Å². The summed E-state index contributed by atoms with van der Waals surface area (Å²) in [5.41, 5.74) is 0. The van der Waals surface area contributed by atoms with Crippen LogP contribution in [0.1, 0.15) is 65.2 Å². The van der Waals surface area contributed by atoms with E-state index in [2.05, 4.69) is 6.92 Å². The van der Waals surface area contributed by atoms with E-state index in [9.17, 15) is 4.79 Å². The maximum absolute atomic E-state index is 11.3. The Balaban J connectivity index is 3.92. The van der Waals surface area contributed by atoms with Gasteiger partial charge >= 0.3 is 14.8 Å². The largest absolute Gasteiger partial charge is 0.502 e. The van der Waals surface area contributed by atoms with Gasteiger partial charge in [0.15, 0.2) is 6.79 Å². The van der Waals surface area contributed by atoms with Gasteiger partial charge in [-0.3, -0.25) is 0 Å². The Kier molecular flexibility index (Phi) is 14.4. The molecule has 0 aliphatic carbocycles. The van der Waals surface area contributed by atoms with Crippen LogP contribution in [0.15, 0.2) is 12.2 Å². The maximum atomic E-state index is 11.3. The summed E-state index contributed by atoms with van der Waals surface area (Å²) in [5, 5.41) is 0. The summed E-state index contributed by atoms with van der Waals surface area (Å²) in [7, 11) is 0.467. The van der Waals surface area contributed by atoms with E-state index >= 15 is 0 Å². The number of hydrogen-bond donors (Lipinski definition) is 0. The topological polar surface area (TPSA) is 54.0 Å². The summed E-state index contributed by atoms with van der Waals surface area (Å²) in [4.78, 5) is 11.3. The van der Waals surface area contributed by atoms with Crippen molar-refractivity contribution in [3.63, 3.8) is 0 Å². The van der Waals surface area contributed by atoms with Crippen molar-refractivity contribution in [3.05, 3.63) is 12.2 Å². The molecule has 5 nitrogen and oxygen atoms in total. The van der Waals surface area contributed by atoms with E-state index in [0.29, 0.717) is 0 Å². The van der Waals surface area contributed by atoms with Gasteiger partial charge in [-0.15, -0.1) is 0 Å². The third-order valence-electron chi connectivity index (χ3n) is 3.74. The molecular formula is C17H34O5Si. The highest BCUT2D eigenvalue weighted by molar-refractivity contribution is 6.60.